The van der Waals surface area contributed by atoms with Crippen LogP contribution in [-0.4, -0.2) is 36.1 Å². The molecule has 1 unspecified atom stereocenters. The minimum absolute atomic E-state index is 0.293. The molecule has 0 aromatic carbocycles. The smallest absolute Gasteiger partial charge is 0.106 e. The van der Waals surface area contributed by atoms with E-state index in [0.29, 0.717) is 0 Å². The molecular formula is C15H29N3. The number of nitrogens with zero attached hydrogens (tertiary/aromatic N) is 2. The molecule has 104 valence electrons. The molecule has 0 spiro atoms. The normalized spacial score (nSPS) is 18.6. The second-order valence-corrected chi connectivity index (χ2v) is 5.44. The first-order valence-corrected chi connectivity index (χ1v) is 7.61. The van der Waals surface area contributed by atoms with Crippen molar-refractivity contribution in [1.82, 2.24) is 10.2 Å². The van der Waals surface area contributed by atoms with E-state index in [1.807, 2.05) is 0 Å². The Bertz CT molecular complexity index is 267. The molecule has 1 aliphatic carbocycles. The third-order valence-corrected chi connectivity index (χ3v) is 4.05. The van der Waals surface area contributed by atoms with Crippen LogP contribution in [0.1, 0.15) is 59.3 Å². The van der Waals surface area contributed by atoms with E-state index < -0.39 is 0 Å². The van der Waals surface area contributed by atoms with Crippen LogP contribution < -0.4 is 5.32 Å². The predicted octanol–water partition coefficient (Wildman–Crippen LogP) is 2.92. The van der Waals surface area contributed by atoms with Gasteiger partial charge in [-0.15, -0.1) is 0 Å². The lowest BCUT2D eigenvalue weighted by molar-refractivity contribution is 0.254. The summed E-state index contributed by atoms with van der Waals surface area (Å²) in [5.74, 6) is 0. The highest BCUT2D eigenvalue weighted by molar-refractivity contribution is 5.06. The lowest BCUT2D eigenvalue weighted by Gasteiger charge is -2.28. The first-order valence-electron chi connectivity index (χ1n) is 7.61. The van der Waals surface area contributed by atoms with Gasteiger partial charge in [0.25, 0.3) is 0 Å². The van der Waals surface area contributed by atoms with Gasteiger partial charge < -0.3 is 4.90 Å². The van der Waals surface area contributed by atoms with Crippen molar-refractivity contribution in [3.63, 3.8) is 0 Å². The maximum absolute atomic E-state index is 9.42. The quantitative estimate of drug-likeness (QED) is 0.649. The molecule has 0 saturated heterocycles. The highest BCUT2D eigenvalue weighted by Crippen LogP contribution is 2.27. The maximum atomic E-state index is 9.42. The van der Waals surface area contributed by atoms with Gasteiger partial charge in [0, 0.05) is 6.04 Å². The number of hydrogen-bond acceptors (Lipinski definition) is 3. The Balaban J connectivity index is 2.34. The number of hydrogen-bond donors (Lipinski definition) is 1. The summed E-state index contributed by atoms with van der Waals surface area (Å²) in [7, 11) is 0. The van der Waals surface area contributed by atoms with Crippen LogP contribution in [0.2, 0.25) is 0 Å². The van der Waals surface area contributed by atoms with E-state index in [4.69, 9.17) is 0 Å². The van der Waals surface area contributed by atoms with Crippen molar-refractivity contribution in [1.29, 1.82) is 5.26 Å². The number of nitriles is 1. The molecular weight excluding hydrogens is 222 g/mol. The van der Waals surface area contributed by atoms with Gasteiger partial charge >= 0.3 is 0 Å². The van der Waals surface area contributed by atoms with Gasteiger partial charge in [-0.2, -0.15) is 5.26 Å². The summed E-state index contributed by atoms with van der Waals surface area (Å²) < 4.78 is 0. The van der Waals surface area contributed by atoms with E-state index in [2.05, 4.69) is 37.1 Å². The van der Waals surface area contributed by atoms with Gasteiger partial charge in [-0.25, -0.2) is 0 Å². The Morgan fingerprint density at radius 2 is 2.06 bits per heavy atom. The molecule has 1 rings (SSSR count). The molecule has 1 fully saturated rings. The molecule has 1 atom stereocenters. The van der Waals surface area contributed by atoms with Gasteiger partial charge in [0.1, 0.15) is 5.54 Å². The van der Waals surface area contributed by atoms with Crippen LogP contribution in [-0.2, 0) is 0 Å². The molecule has 0 radical (unpaired) electrons. The van der Waals surface area contributed by atoms with E-state index in [9.17, 15) is 5.26 Å². The second-order valence-electron chi connectivity index (χ2n) is 5.44. The van der Waals surface area contributed by atoms with Gasteiger partial charge in [0.05, 0.1) is 6.07 Å². The van der Waals surface area contributed by atoms with Crippen LogP contribution in [0.5, 0.6) is 0 Å². The van der Waals surface area contributed by atoms with Crippen molar-refractivity contribution in [3.8, 4) is 6.07 Å². The van der Waals surface area contributed by atoms with Crippen LogP contribution in [0.3, 0.4) is 0 Å². The van der Waals surface area contributed by atoms with E-state index in [1.165, 1.54) is 12.8 Å². The Kier molecular flexibility index (Phi) is 6.67. The highest BCUT2D eigenvalue weighted by atomic mass is 15.2. The van der Waals surface area contributed by atoms with Crippen molar-refractivity contribution in [2.75, 3.05) is 19.6 Å². The summed E-state index contributed by atoms with van der Waals surface area (Å²) >= 11 is 0. The minimum Gasteiger partial charge on any atom is -0.301 e. The van der Waals surface area contributed by atoms with E-state index in [-0.39, 0.29) is 5.54 Å². The molecule has 0 bridgehead atoms. The fraction of sp³-hybridized carbons (Fsp3) is 0.933. The Morgan fingerprint density at radius 3 is 2.50 bits per heavy atom. The van der Waals surface area contributed by atoms with Gasteiger partial charge in [-0.3, -0.25) is 5.32 Å². The SMILES string of the molecule is CCCNC(C#N)(CC)CCCN(CC)C1CC1. The molecule has 0 aromatic heterocycles. The number of nitrogens with one attached hydrogen (secondary N) is 1. The van der Waals surface area contributed by atoms with E-state index >= 15 is 0 Å². The van der Waals surface area contributed by atoms with Crippen LogP contribution in [0.15, 0.2) is 0 Å². The van der Waals surface area contributed by atoms with Crippen molar-refractivity contribution >= 4 is 0 Å². The second kappa shape index (κ2) is 7.76. The van der Waals surface area contributed by atoms with Gasteiger partial charge in [-0.05, 0) is 58.2 Å². The van der Waals surface area contributed by atoms with Crippen molar-refractivity contribution in [2.45, 2.75) is 70.9 Å². The van der Waals surface area contributed by atoms with E-state index in [0.717, 1.165) is 51.4 Å². The molecule has 3 nitrogen and oxygen atoms in total. The summed E-state index contributed by atoms with van der Waals surface area (Å²) in [5.41, 5.74) is -0.293. The van der Waals surface area contributed by atoms with Crippen molar-refractivity contribution < 1.29 is 0 Å². The average molecular weight is 251 g/mol. The molecule has 0 heterocycles. The molecule has 0 amide bonds. The molecule has 0 aliphatic heterocycles. The monoisotopic (exact) mass is 251 g/mol. The summed E-state index contributed by atoms with van der Waals surface area (Å²) in [6, 6.07) is 3.35. The minimum atomic E-state index is -0.293. The fourth-order valence-electron chi connectivity index (χ4n) is 2.55. The molecule has 18 heavy (non-hydrogen) atoms. The van der Waals surface area contributed by atoms with Gasteiger partial charge in [0.15, 0.2) is 0 Å². The fourth-order valence-corrected chi connectivity index (χ4v) is 2.55. The van der Waals surface area contributed by atoms with Crippen LogP contribution in [0.4, 0.5) is 0 Å². The van der Waals surface area contributed by atoms with Crippen LogP contribution >= 0.6 is 0 Å². The maximum Gasteiger partial charge on any atom is 0.106 e. The molecule has 1 aliphatic rings. The zero-order valence-corrected chi connectivity index (χ0v) is 12.3. The highest BCUT2D eigenvalue weighted by Gasteiger charge is 2.30. The average Bonchev–Trinajstić information content (AvgIpc) is 3.23. The lowest BCUT2D eigenvalue weighted by Crippen LogP contribution is -2.44. The Labute approximate surface area is 113 Å². The summed E-state index contributed by atoms with van der Waals surface area (Å²) in [6.45, 7) is 9.75. The largest absolute Gasteiger partial charge is 0.301 e. The van der Waals surface area contributed by atoms with E-state index in [1.54, 1.807) is 0 Å². The zero-order chi connectivity index (χ0) is 13.4. The summed E-state index contributed by atoms with van der Waals surface area (Å²) in [6.07, 6.45) is 6.84. The van der Waals surface area contributed by atoms with Crippen molar-refractivity contribution in [2.24, 2.45) is 0 Å². The molecule has 0 aromatic rings. The molecule has 1 N–H and O–H groups in total. The van der Waals surface area contributed by atoms with Gasteiger partial charge in [-0.1, -0.05) is 20.8 Å². The first kappa shape index (κ1) is 15.5. The Hall–Kier alpha value is -0.590. The topological polar surface area (TPSA) is 39.1 Å². The van der Waals surface area contributed by atoms with Crippen LogP contribution in [0.25, 0.3) is 0 Å². The zero-order valence-electron chi connectivity index (χ0n) is 12.3. The lowest BCUT2D eigenvalue weighted by atomic mass is 9.91. The van der Waals surface area contributed by atoms with Crippen molar-refractivity contribution in [3.05, 3.63) is 0 Å². The summed E-state index contributed by atoms with van der Waals surface area (Å²) in [4.78, 5) is 2.57. The van der Waals surface area contributed by atoms with Gasteiger partial charge in [0.2, 0.25) is 0 Å². The standard InChI is InChI=1S/C15H29N3/c1-4-11-17-15(5-2,13-16)10-7-12-18(6-3)14-8-9-14/h14,17H,4-12H2,1-3H3. The molecule has 3 heteroatoms. The Morgan fingerprint density at radius 1 is 1.33 bits per heavy atom. The number of rotatable bonds is 10. The first-order chi connectivity index (χ1) is 8.71. The third kappa shape index (κ3) is 4.59. The summed E-state index contributed by atoms with van der Waals surface area (Å²) in [5, 5.41) is 12.9. The van der Waals surface area contributed by atoms with Crippen LogP contribution in [0, 0.1) is 11.3 Å². The molecule has 1 saturated carbocycles. The third-order valence-electron chi connectivity index (χ3n) is 4.05. The predicted molar refractivity (Wildman–Crippen MR) is 76.4 cm³/mol.